The molecule has 0 radical (unpaired) electrons. The number of aliphatic hydroxyl groups excluding tert-OH is 1. The molecule has 2 aromatic rings. The lowest BCUT2D eigenvalue weighted by atomic mass is 10.0. The molecule has 0 spiro atoms. The number of nitrogens with zero attached hydrogens (tertiary/aromatic N) is 3. The van der Waals surface area contributed by atoms with Crippen molar-refractivity contribution < 1.29 is 23.1 Å². The van der Waals surface area contributed by atoms with Crippen LogP contribution in [0.3, 0.4) is 0 Å². The van der Waals surface area contributed by atoms with Crippen LogP contribution in [0, 0.1) is 0 Å². The largest absolute Gasteiger partial charge is 0.416 e. The molecule has 27 heavy (non-hydrogen) atoms. The van der Waals surface area contributed by atoms with Crippen LogP contribution >= 0.6 is 11.3 Å². The second-order valence-corrected chi connectivity index (χ2v) is 7.84. The number of nitrogens with one attached hydrogen (secondary N) is 1. The molecule has 2 atom stereocenters. The summed E-state index contributed by atoms with van der Waals surface area (Å²) in [5.74, 6) is 0.432. The third-order valence-electron chi connectivity index (χ3n) is 4.74. The van der Waals surface area contributed by atoms with Crippen molar-refractivity contribution in [2.24, 2.45) is 0 Å². The number of β-amino-alcohol motifs (C(OH)–C–C–N with tert-alkyl or cyclic N) is 1. The highest BCUT2D eigenvalue weighted by Gasteiger charge is 2.37. The number of benzene rings is 1. The van der Waals surface area contributed by atoms with E-state index >= 15 is 0 Å². The van der Waals surface area contributed by atoms with Gasteiger partial charge in [-0.2, -0.15) is 13.2 Å². The Morgan fingerprint density at radius 2 is 1.93 bits per heavy atom. The number of halogens is 3. The highest BCUT2D eigenvalue weighted by atomic mass is 32.1. The molecule has 6 nitrogen and oxygen atoms in total. The van der Waals surface area contributed by atoms with E-state index in [1.165, 1.54) is 28.4 Å². The second kappa shape index (κ2) is 6.75. The van der Waals surface area contributed by atoms with Gasteiger partial charge < -0.3 is 10.0 Å². The third kappa shape index (κ3) is 3.91. The van der Waals surface area contributed by atoms with Crippen molar-refractivity contribution in [1.82, 2.24) is 15.1 Å². The number of aliphatic hydroxyl groups is 1. The van der Waals surface area contributed by atoms with Gasteiger partial charge in [-0.05, 0) is 37.0 Å². The van der Waals surface area contributed by atoms with Crippen molar-refractivity contribution in [3.05, 3.63) is 40.4 Å². The SMILES string of the molecule is O=C(Nc1nnc(C2CC2)s1)N1C[C@H](O)C[C@H]1c1ccc(C(F)(F)F)cc1. The summed E-state index contributed by atoms with van der Waals surface area (Å²) in [7, 11) is 0. The number of hydrogen-bond acceptors (Lipinski definition) is 5. The minimum atomic E-state index is -4.41. The van der Waals surface area contributed by atoms with Crippen molar-refractivity contribution in [2.45, 2.75) is 43.5 Å². The molecule has 2 amide bonds. The minimum absolute atomic E-state index is 0.103. The van der Waals surface area contributed by atoms with Crippen LogP contribution in [0.25, 0.3) is 0 Å². The van der Waals surface area contributed by atoms with Gasteiger partial charge in [-0.25, -0.2) is 4.79 Å². The maximum absolute atomic E-state index is 12.7. The van der Waals surface area contributed by atoms with Crippen LogP contribution in [0.5, 0.6) is 0 Å². The number of likely N-dealkylation sites (tertiary alicyclic amines) is 1. The monoisotopic (exact) mass is 398 g/mol. The predicted octanol–water partition coefficient (Wildman–Crippen LogP) is 3.77. The summed E-state index contributed by atoms with van der Waals surface area (Å²) >= 11 is 1.32. The Bertz CT molecular complexity index is 835. The molecule has 1 aromatic carbocycles. The van der Waals surface area contributed by atoms with Crippen LogP contribution in [0.4, 0.5) is 23.1 Å². The fourth-order valence-electron chi connectivity index (χ4n) is 3.19. The summed E-state index contributed by atoms with van der Waals surface area (Å²) in [4.78, 5) is 14.0. The van der Waals surface area contributed by atoms with E-state index in [4.69, 9.17) is 0 Å². The summed E-state index contributed by atoms with van der Waals surface area (Å²) in [5, 5.41) is 22.0. The van der Waals surface area contributed by atoms with E-state index in [1.807, 2.05) is 0 Å². The average Bonchev–Trinajstić information content (AvgIpc) is 3.24. The van der Waals surface area contributed by atoms with Gasteiger partial charge in [-0.15, -0.1) is 10.2 Å². The van der Waals surface area contributed by atoms with E-state index < -0.39 is 29.9 Å². The predicted molar refractivity (Wildman–Crippen MR) is 92.4 cm³/mol. The number of carbonyl (C=O) groups is 1. The Balaban J connectivity index is 1.49. The number of aromatic nitrogens is 2. The lowest BCUT2D eigenvalue weighted by Crippen LogP contribution is -2.35. The molecular formula is C17H17F3N4O2S. The summed E-state index contributed by atoms with van der Waals surface area (Å²) in [6.45, 7) is 0.103. The van der Waals surface area contributed by atoms with E-state index in [0.29, 0.717) is 16.6 Å². The Morgan fingerprint density at radius 3 is 2.56 bits per heavy atom. The smallest absolute Gasteiger partial charge is 0.391 e. The molecule has 1 saturated carbocycles. The van der Waals surface area contributed by atoms with Crippen molar-refractivity contribution in [3.63, 3.8) is 0 Å². The van der Waals surface area contributed by atoms with E-state index in [1.54, 1.807) is 0 Å². The molecule has 2 heterocycles. The first-order chi connectivity index (χ1) is 12.8. The van der Waals surface area contributed by atoms with Crippen LogP contribution in [0.15, 0.2) is 24.3 Å². The molecule has 0 unspecified atom stereocenters. The fraction of sp³-hybridized carbons (Fsp3) is 0.471. The van der Waals surface area contributed by atoms with E-state index in [9.17, 15) is 23.1 Å². The molecule has 4 rings (SSSR count). The fourth-order valence-corrected chi connectivity index (χ4v) is 4.09. The van der Waals surface area contributed by atoms with Crippen LogP contribution in [0.1, 0.15) is 47.4 Å². The maximum Gasteiger partial charge on any atom is 0.416 e. The van der Waals surface area contributed by atoms with Gasteiger partial charge in [0.1, 0.15) is 5.01 Å². The zero-order chi connectivity index (χ0) is 19.2. The molecule has 2 N–H and O–H groups in total. The van der Waals surface area contributed by atoms with Gasteiger partial charge in [0.25, 0.3) is 0 Å². The Kier molecular flexibility index (Phi) is 4.55. The van der Waals surface area contributed by atoms with Gasteiger partial charge in [0.15, 0.2) is 0 Å². The van der Waals surface area contributed by atoms with Crippen LogP contribution in [0.2, 0.25) is 0 Å². The summed E-state index contributed by atoms with van der Waals surface area (Å²) in [5.41, 5.74) is -0.201. The highest BCUT2D eigenvalue weighted by molar-refractivity contribution is 7.15. The summed E-state index contributed by atoms with van der Waals surface area (Å²) in [6.07, 6.45) is -2.72. The number of urea groups is 1. The number of anilines is 1. The number of alkyl halides is 3. The molecule has 144 valence electrons. The molecule has 10 heteroatoms. The Labute approximate surface area is 157 Å². The molecule has 2 fully saturated rings. The van der Waals surface area contributed by atoms with Gasteiger partial charge >= 0.3 is 12.2 Å². The van der Waals surface area contributed by atoms with Crippen LogP contribution in [-0.4, -0.2) is 38.9 Å². The minimum Gasteiger partial charge on any atom is -0.391 e. The quantitative estimate of drug-likeness (QED) is 0.825. The molecule has 0 bridgehead atoms. The summed E-state index contributed by atoms with van der Waals surface area (Å²) in [6, 6.07) is 3.73. The molecule has 1 aromatic heterocycles. The topological polar surface area (TPSA) is 78.4 Å². The first kappa shape index (κ1) is 18.2. The van der Waals surface area contributed by atoms with Gasteiger partial charge in [0, 0.05) is 12.5 Å². The second-order valence-electron chi connectivity index (χ2n) is 6.83. The standard InChI is InChI=1S/C17H17F3N4O2S/c18-17(19,20)11-5-3-9(4-6-11)13-7-12(25)8-24(13)16(26)21-15-23-22-14(27-15)10-1-2-10/h3-6,10,12-13,25H,1-2,7-8H2,(H,21,23,26)/t12-,13+/m1/s1. The van der Waals surface area contributed by atoms with E-state index in [0.717, 1.165) is 30.0 Å². The number of rotatable bonds is 3. The zero-order valence-corrected chi connectivity index (χ0v) is 14.9. The molecule has 1 saturated heterocycles. The Morgan fingerprint density at radius 1 is 1.22 bits per heavy atom. The number of hydrogen-bond donors (Lipinski definition) is 2. The molecular weight excluding hydrogens is 381 g/mol. The normalized spacial score (nSPS) is 22.9. The average molecular weight is 398 g/mol. The van der Waals surface area contributed by atoms with Crippen LogP contribution in [-0.2, 0) is 6.18 Å². The van der Waals surface area contributed by atoms with E-state index in [-0.39, 0.29) is 13.0 Å². The molecule has 1 aliphatic carbocycles. The number of carbonyl (C=O) groups excluding carboxylic acids is 1. The zero-order valence-electron chi connectivity index (χ0n) is 14.1. The maximum atomic E-state index is 12.7. The van der Waals surface area contributed by atoms with Gasteiger partial charge in [-0.3, -0.25) is 5.32 Å². The van der Waals surface area contributed by atoms with Crippen molar-refractivity contribution in [1.29, 1.82) is 0 Å². The summed E-state index contributed by atoms with van der Waals surface area (Å²) < 4.78 is 38.2. The number of amides is 2. The van der Waals surface area contributed by atoms with Crippen LogP contribution < -0.4 is 5.32 Å². The van der Waals surface area contributed by atoms with Gasteiger partial charge in [-0.1, -0.05) is 23.5 Å². The van der Waals surface area contributed by atoms with Gasteiger partial charge in [0.2, 0.25) is 5.13 Å². The van der Waals surface area contributed by atoms with Gasteiger partial charge in [0.05, 0.1) is 17.7 Å². The Hall–Kier alpha value is -2.20. The lowest BCUT2D eigenvalue weighted by molar-refractivity contribution is -0.137. The molecule has 1 aliphatic heterocycles. The first-order valence-electron chi connectivity index (χ1n) is 8.57. The van der Waals surface area contributed by atoms with Crippen molar-refractivity contribution >= 4 is 22.5 Å². The highest BCUT2D eigenvalue weighted by Crippen LogP contribution is 2.42. The van der Waals surface area contributed by atoms with E-state index in [2.05, 4.69) is 15.5 Å². The van der Waals surface area contributed by atoms with Crippen molar-refractivity contribution in [2.75, 3.05) is 11.9 Å². The molecule has 2 aliphatic rings. The lowest BCUT2D eigenvalue weighted by Gasteiger charge is -2.24. The van der Waals surface area contributed by atoms with Crippen molar-refractivity contribution in [3.8, 4) is 0 Å². The third-order valence-corrected chi connectivity index (χ3v) is 5.74. The first-order valence-corrected chi connectivity index (χ1v) is 9.39.